The Labute approximate surface area is 105 Å². The number of halogens is 2. The van der Waals surface area contributed by atoms with Crippen LogP contribution in [0.5, 0.6) is 5.75 Å². The van der Waals surface area contributed by atoms with Crippen molar-refractivity contribution in [3.05, 3.63) is 64.4 Å². The summed E-state index contributed by atoms with van der Waals surface area (Å²) in [6.45, 7) is 2.04. The molecule has 1 nitrogen and oxygen atoms in total. The lowest BCUT2D eigenvalue weighted by molar-refractivity contribution is 0.289. The molecule has 2 rings (SSSR count). The number of hydrogen-bond donors (Lipinski definition) is 0. The van der Waals surface area contributed by atoms with E-state index >= 15 is 0 Å². The van der Waals surface area contributed by atoms with E-state index in [2.05, 4.69) is 0 Å². The van der Waals surface area contributed by atoms with Crippen molar-refractivity contribution in [2.75, 3.05) is 0 Å². The minimum absolute atomic E-state index is 0.278. The van der Waals surface area contributed by atoms with Gasteiger partial charge in [-0.2, -0.15) is 0 Å². The molecule has 0 aliphatic heterocycles. The molecule has 88 valence electrons. The summed E-state index contributed by atoms with van der Waals surface area (Å²) >= 11 is 5.77. The summed E-state index contributed by atoms with van der Waals surface area (Å²) in [7, 11) is 0. The van der Waals surface area contributed by atoms with Gasteiger partial charge in [-0.3, -0.25) is 0 Å². The molecule has 0 radical (unpaired) electrons. The molecule has 2 aromatic rings. The summed E-state index contributed by atoms with van der Waals surface area (Å²) in [5.74, 6) is -0.0265. The van der Waals surface area contributed by atoms with Crippen molar-refractivity contribution in [1.82, 2.24) is 0 Å². The van der Waals surface area contributed by atoms with Crippen molar-refractivity contribution in [3.8, 4) is 5.75 Å². The van der Waals surface area contributed by atoms with E-state index in [1.165, 1.54) is 0 Å². The summed E-state index contributed by atoms with van der Waals surface area (Å²) in [6, 6.07) is 12.4. The maximum atomic E-state index is 13.6. The monoisotopic (exact) mass is 250 g/mol. The fourth-order valence-corrected chi connectivity index (χ4v) is 1.60. The lowest BCUT2D eigenvalue weighted by atomic mass is 10.2. The van der Waals surface area contributed by atoms with Crippen molar-refractivity contribution in [2.45, 2.75) is 13.5 Å². The predicted octanol–water partition coefficient (Wildman–Crippen LogP) is 4.37. The van der Waals surface area contributed by atoms with Gasteiger partial charge in [0, 0.05) is 5.02 Å². The molecule has 17 heavy (non-hydrogen) atoms. The zero-order valence-corrected chi connectivity index (χ0v) is 10.2. The summed E-state index contributed by atoms with van der Waals surface area (Å²) < 4.78 is 19.0. The SMILES string of the molecule is Cc1cccc(OCc2ccc(Cl)cc2)c1F. The average molecular weight is 251 g/mol. The summed E-state index contributed by atoms with van der Waals surface area (Å²) in [5, 5.41) is 0.676. The highest BCUT2D eigenvalue weighted by atomic mass is 35.5. The van der Waals surface area contributed by atoms with Crippen molar-refractivity contribution in [1.29, 1.82) is 0 Å². The van der Waals surface area contributed by atoms with Crippen molar-refractivity contribution in [3.63, 3.8) is 0 Å². The molecule has 0 unspecified atom stereocenters. The molecular weight excluding hydrogens is 239 g/mol. The number of ether oxygens (including phenoxy) is 1. The van der Waals surface area contributed by atoms with Gasteiger partial charge in [0.15, 0.2) is 11.6 Å². The Morgan fingerprint density at radius 2 is 1.82 bits per heavy atom. The molecule has 0 bridgehead atoms. The number of rotatable bonds is 3. The fraction of sp³-hybridized carbons (Fsp3) is 0.143. The van der Waals surface area contributed by atoms with Crippen LogP contribution in [0, 0.1) is 12.7 Å². The Kier molecular flexibility index (Phi) is 3.64. The van der Waals surface area contributed by atoms with Crippen LogP contribution in [0.2, 0.25) is 5.02 Å². The van der Waals surface area contributed by atoms with E-state index in [0.717, 1.165) is 5.56 Å². The second-order valence-electron chi connectivity index (χ2n) is 3.80. The molecule has 0 N–H and O–H groups in total. The van der Waals surface area contributed by atoms with Crippen molar-refractivity contribution < 1.29 is 9.13 Å². The second-order valence-corrected chi connectivity index (χ2v) is 4.24. The van der Waals surface area contributed by atoms with Crippen LogP contribution in [-0.2, 0) is 6.61 Å². The lowest BCUT2D eigenvalue weighted by Gasteiger charge is -2.08. The molecule has 0 aromatic heterocycles. The molecule has 0 fully saturated rings. The highest BCUT2D eigenvalue weighted by Crippen LogP contribution is 2.21. The quantitative estimate of drug-likeness (QED) is 0.786. The zero-order chi connectivity index (χ0) is 12.3. The smallest absolute Gasteiger partial charge is 0.167 e. The van der Waals surface area contributed by atoms with E-state index in [9.17, 15) is 4.39 Å². The third-order valence-corrected chi connectivity index (χ3v) is 2.72. The molecule has 0 saturated heterocycles. The van der Waals surface area contributed by atoms with Crippen LogP contribution in [0.25, 0.3) is 0 Å². The van der Waals surface area contributed by atoms with Gasteiger partial charge in [0.05, 0.1) is 0 Å². The van der Waals surface area contributed by atoms with Crippen LogP contribution >= 0.6 is 11.6 Å². The largest absolute Gasteiger partial charge is 0.486 e. The van der Waals surface area contributed by atoms with Gasteiger partial charge in [0.2, 0.25) is 0 Å². The molecule has 3 heteroatoms. The Morgan fingerprint density at radius 3 is 2.53 bits per heavy atom. The van der Waals surface area contributed by atoms with Crippen LogP contribution in [0.15, 0.2) is 42.5 Å². The number of aryl methyl sites for hydroxylation is 1. The van der Waals surface area contributed by atoms with Gasteiger partial charge in [0.1, 0.15) is 6.61 Å². The number of benzene rings is 2. The Balaban J connectivity index is 2.07. The fourth-order valence-electron chi connectivity index (χ4n) is 1.47. The van der Waals surface area contributed by atoms with Crippen LogP contribution < -0.4 is 4.74 Å². The first-order valence-corrected chi connectivity index (χ1v) is 5.67. The normalized spacial score (nSPS) is 10.3. The average Bonchev–Trinajstić information content (AvgIpc) is 2.33. The molecule has 0 aliphatic carbocycles. The van der Waals surface area contributed by atoms with Gasteiger partial charge < -0.3 is 4.74 Å². The summed E-state index contributed by atoms with van der Waals surface area (Å²) in [4.78, 5) is 0. The van der Waals surface area contributed by atoms with Crippen LogP contribution in [0.4, 0.5) is 4.39 Å². The van der Waals surface area contributed by atoms with Gasteiger partial charge in [-0.25, -0.2) is 4.39 Å². The molecule has 0 amide bonds. The maximum Gasteiger partial charge on any atom is 0.167 e. The Hall–Kier alpha value is -1.54. The molecule has 0 aliphatic rings. The van der Waals surface area contributed by atoms with E-state index in [0.29, 0.717) is 17.2 Å². The van der Waals surface area contributed by atoms with Gasteiger partial charge in [-0.1, -0.05) is 35.9 Å². The lowest BCUT2D eigenvalue weighted by Crippen LogP contribution is -1.98. The topological polar surface area (TPSA) is 9.23 Å². The van der Waals surface area contributed by atoms with E-state index in [4.69, 9.17) is 16.3 Å². The molecule has 2 aromatic carbocycles. The maximum absolute atomic E-state index is 13.6. The standard InChI is InChI=1S/C14H12ClFO/c1-10-3-2-4-13(14(10)16)17-9-11-5-7-12(15)8-6-11/h2-8H,9H2,1H3. The highest BCUT2D eigenvalue weighted by molar-refractivity contribution is 6.30. The highest BCUT2D eigenvalue weighted by Gasteiger charge is 2.05. The van der Waals surface area contributed by atoms with Gasteiger partial charge in [-0.15, -0.1) is 0 Å². The molecular formula is C14H12ClFO. The molecule has 0 heterocycles. The zero-order valence-electron chi connectivity index (χ0n) is 9.41. The molecule has 0 saturated carbocycles. The van der Waals surface area contributed by atoms with Crippen LogP contribution in [0.1, 0.15) is 11.1 Å². The van der Waals surface area contributed by atoms with E-state index < -0.39 is 0 Å². The van der Waals surface area contributed by atoms with Gasteiger partial charge in [-0.05, 0) is 36.2 Å². The van der Waals surface area contributed by atoms with Gasteiger partial charge >= 0.3 is 0 Å². The Bertz CT molecular complexity index is 508. The molecule has 0 atom stereocenters. The van der Waals surface area contributed by atoms with E-state index in [1.54, 1.807) is 37.3 Å². The summed E-state index contributed by atoms with van der Waals surface area (Å²) in [6.07, 6.45) is 0. The minimum Gasteiger partial charge on any atom is -0.486 e. The van der Waals surface area contributed by atoms with Crippen LogP contribution in [0.3, 0.4) is 0 Å². The third kappa shape index (κ3) is 2.98. The third-order valence-electron chi connectivity index (χ3n) is 2.46. The van der Waals surface area contributed by atoms with E-state index in [1.807, 2.05) is 12.1 Å². The summed E-state index contributed by atoms with van der Waals surface area (Å²) in [5.41, 5.74) is 1.54. The minimum atomic E-state index is -0.304. The van der Waals surface area contributed by atoms with Gasteiger partial charge in [0.25, 0.3) is 0 Å². The first-order chi connectivity index (χ1) is 8.16. The first-order valence-electron chi connectivity index (χ1n) is 5.29. The van der Waals surface area contributed by atoms with Crippen molar-refractivity contribution in [2.24, 2.45) is 0 Å². The van der Waals surface area contributed by atoms with Crippen molar-refractivity contribution >= 4 is 11.6 Å². The number of hydrogen-bond acceptors (Lipinski definition) is 1. The predicted molar refractivity (Wildman–Crippen MR) is 66.9 cm³/mol. The van der Waals surface area contributed by atoms with Crippen LogP contribution in [-0.4, -0.2) is 0 Å². The van der Waals surface area contributed by atoms with E-state index in [-0.39, 0.29) is 11.6 Å². The second kappa shape index (κ2) is 5.19. The molecule has 0 spiro atoms. The Morgan fingerprint density at radius 1 is 1.12 bits per heavy atom. The first kappa shape index (κ1) is 11.9.